The van der Waals surface area contributed by atoms with E-state index in [1.807, 2.05) is 37.3 Å². The van der Waals surface area contributed by atoms with E-state index in [2.05, 4.69) is 20.3 Å². The molecule has 25 heavy (non-hydrogen) atoms. The van der Waals surface area contributed by atoms with E-state index < -0.39 is 0 Å². The number of thiazole rings is 1. The van der Waals surface area contributed by atoms with Crippen LogP contribution < -0.4 is 11.0 Å². The Balaban J connectivity index is 1.62. The van der Waals surface area contributed by atoms with Crippen LogP contribution in [-0.2, 0) is 0 Å². The third-order valence-corrected chi connectivity index (χ3v) is 5.00. The Morgan fingerprint density at radius 3 is 2.64 bits per heavy atom. The number of anilines is 1. The number of benzene rings is 2. The zero-order chi connectivity index (χ0) is 17.4. The van der Waals surface area contributed by atoms with Gasteiger partial charge in [0.05, 0.1) is 16.7 Å². The number of carbonyl (C=O) groups excluding carboxylic acids is 1. The Hall–Kier alpha value is -3.19. The van der Waals surface area contributed by atoms with Crippen molar-refractivity contribution in [1.29, 1.82) is 0 Å². The second kappa shape index (κ2) is 6.03. The molecule has 2 aromatic heterocycles. The number of aromatic amines is 2. The molecular weight excluding hydrogens is 336 g/mol. The Bertz CT molecular complexity index is 1120. The molecule has 0 fully saturated rings. The van der Waals surface area contributed by atoms with Gasteiger partial charge in [-0.15, -0.1) is 11.3 Å². The fourth-order valence-electron chi connectivity index (χ4n) is 2.61. The number of nitrogens with zero attached hydrogens (tertiary/aromatic N) is 1. The zero-order valence-corrected chi connectivity index (χ0v) is 14.1. The molecule has 0 aliphatic rings. The second-order valence-corrected chi connectivity index (χ2v) is 6.59. The first kappa shape index (κ1) is 15.3. The SMILES string of the molecule is Cc1nc(-c2ccccc2)sc1C(=O)Nc1ccc2[nH]c(=O)[nH]c2c1. The van der Waals surface area contributed by atoms with Crippen molar-refractivity contribution in [2.75, 3.05) is 5.32 Å². The van der Waals surface area contributed by atoms with E-state index in [1.165, 1.54) is 11.3 Å². The highest BCUT2D eigenvalue weighted by Gasteiger charge is 2.16. The molecule has 0 aliphatic heterocycles. The molecule has 0 unspecified atom stereocenters. The van der Waals surface area contributed by atoms with E-state index in [0.29, 0.717) is 27.3 Å². The highest BCUT2D eigenvalue weighted by molar-refractivity contribution is 7.17. The fraction of sp³-hybridized carbons (Fsp3) is 0.0556. The Morgan fingerprint density at radius 1 is 1.08 bits per heavy atom. The molecule has 0 spiro atoms. The van der Waals surface area contributed by atoms with Crippen molar-refractivity contribution >= 4 is 34.0 Å². The summed E-state index contributed by atoms with van der Waals surface area (Å²) < 4.78 is 0. The minimum Gasteiger partial charge on any atom is -0.321 e. The number of rotatable bonds is 3. The van der Waals surface area contributed by atoms with Crippen molar-refractivity contribution in [2.24, 2.45) is 0 Å². The number of nitrogens with one attached hydrogen (secondary N) is 3. The van der Waals surface area contributed by atoms with Crippen molar-refractivity contribution in [3.05, 3.63) is 69.6 Å². The maximum absolute atomic E-state index is 12.6. The number of H-pyrrole nitrogens is 2. The summed E-state index contributed by atoms with van der Waals surface area (Å²) in [4.78, 5) is 34.3. The number of hydrogen-bond donors (Lipinski definition) is 3. The number of aromatic nitrogens is 3. The summed E-state index contributed by atoms with van der Waals surface area (Å²) in [6.07, 6.45) is 0. The van der Waals surface area contributed by atoms with Gasteiger partial charge < -0.3 is 15.3 Å². The summed E-state index contributed by atoms with van der Waals surface area (Å²) in [6.45, 7) is 1.82. The van der Waals surface area contributed by atoms with Gasteiger partial charge in [0.1, 0.15) is 9.88 Å². The molecule has 7 heteroatoms. The molecular formula is C18H14N4O2S. The molecule has 2 aromatic carbocycles. The summed E-state index contributed by atoms with van der Waals surface area (Å²) in [7, 11) is 0. The average Bonchev–Trinajstić information content (AvgIpc) is 3.17. The lowest BCUT2D eigenvalue weighted by Gasteiger charge is -2.04. The van der Waals surface area contributed by atoms with Crippen LogP contribution in [0.5, 0.6) is 0 Å². The summed E-state index contributed by atoms with van der Waals surface area (Å²) in [5, 5.41) is 3.67. The van der Waals surface area contributed by atoms with Crippen LogP contribution in [0.4, 0.5) is 5.69 Å². The molecule has 4 aromatic rings. The first-order chi connectivity index (χ1) is 12.1. The topological polar surface area (TPSA) is 90.6 Å². The molecule has 1 amide bonds. The summed E-state index contributed by atoms with van der Waals surface area (Å²) >= 11 is 1.36. The molecule has 3 N–H and O–H groups in total. The van der Waals surface area contributed by atoms with Crippen molar-refractivity contribution in [3.8, 4) is 10.6 Å². The predicted octanol–water partition coefficient (Wildman–Crippen LogP) is 3.54. The molecule has 0 atom stereocenters. The summed E-state index contributed by atoms with van der Waals surface area (Å²) in [6, 6.07) is 15.0. The molecule has 0 aliphatic carbocycles. The Morgan fingerprint density at radius 2 is 1.84 bits per heavy atom. The predicted molar refractivity (Wildman–Crippen MR) is 99.2 cm³/mol. The van der Waals surface area contributed by atoms with Crippen molar-refractivity contribution in [3.63, 3.8) is 0 Å². The maximum atomic E-state index is 12.6. The lowest BCUT2D eigenvalue weighted by molar-refractivity contribution is 0.103. The molecule has 0 bridgehead atoms. The van der Waals surface area contributed by atoms with Gasteiger partial charge in [-0.05, 0) is 25.1 Å². The van der Waals surface area contributed by atoms with Gasteiger partial charge >= 0.3 is 5.69 Å². The number of hydrogen-bond acceptors (Lipinski definition) is 4. The van der Waals surface area contributed by atoms with Crippen LogP contribution in [0, 0.1) is 6.92 Å². The monoisotopic (exact) mass is 350 g/mol. The molecule has 0 radical (unpaired) electrons. The standard InChI is InChI=1S/C18H14N4O2S/c1-10-15(25-17(19-10)11-5-3-2-4-6-11)16(23)20-12-7-8-13-14(9-12)22-18(24)21-13/h2-9H,1H3,(H,20,23)(H2,21,22,24). The summed E-state index contributed by atoms with van der Waals surface area (Å²) in [5.41, 5.74) is 3.36. The third-order valence-electron chi connectivity index (χ3n) is 3.80. The van der Waals surface area contributed by atoms with Crippen molar-refractivity contribution in [1.82, 2.24) is 15.0 Å². The van der Waals surface area contributed by atoms with E-state index in [-0.39, 0.29) is 11.6 Å². The number of carbonyl (C=O) groups is 1. The zero-order valence-electron chi connectivity index (χ0n) is 13.3. The van der Waals surface area contributed by atoms with Gasteiger partial charge in [0.25, 0.3) is 5.91 Å². The highest BCUT2D eigenvalue weighted by atomic mass is 32.1. The van der Waals surface area contributed by atoms with E-state index in [4.69, 9.17) is 0 Å². The van der Waals surface area contributed by atoms with Gasteiger partial charge in [-0.25, -0.2) is 9.78 Å². The Kier molecular flexibility index (Phi) is 3.70. The van der Waals surface area contributed by atoms with Gasteiger partial charge in [0.15, 0.2) is 0 Å². The first-order valence-corrected chi connectivity index (χ1v) is 8.48. The minimum absolute atomic E-state index is 0.214. The third kappa shape index (κ3) is 2.97. The van der Waals surface area contributed by atoms with Gasteiger partial charge in [-0.1, -0.05) is 30.3 Å². The van der Waals surface area contributed by atoms with Crippen LogP contribution in [-0.4, -0.2) is 20.9 Å². The highest BCUT2D eigenvalue weighted by Crippen LogP contribution is 2.28. The van der Waals surface area contributed by atoms with E-state index in [0.717, 1.165) is 10.6 Å². The average molecular weight is 350 g/mol. The van der Waals surface area contributed by atoms with E-state index in [1.54, 1.807) is 18.2 Å². The van der Waals surface area contributed by atoms with E-state index in [9.17, 15) is 9.59 Å². The van der Waals surface area contributed by atoms with Crippen LogP contribution in [0.2, 0.25) is 0 Å². The van der Waals surface area contributed by atoms with Gasteiger partial charge in [-0.3, -0.25) is 4.79 Å². The van der Waals surface area contributed by atoms with E-state index >= 15 is 0 Å². The first-order valence-electron chi connectivity index (χ1n) is 7.66. The quantitative estimate of drug-likeness (QED) is 0.528. The van der Waals surface area contributed by atoms with Crippen LogP contribution in [0.3, 0.4) is 0 Å². The Labute approximate surface area is 146 Å². The van der Waals surface area contributed by atoms with Crippen LogP contribution in [0.25, 0.3) is 21.6 Å². The van der Waals surface area contributed by atoms with Gasteiger partial charge in [0, 0.05) is 11.3 Å². The number of amides is 1. The maximum Gasteiger partial charge on any atom is 0.323 e. The number of aryl methyl sites for hydroxylation is 1. The number of fused-ring (bicyclic) bond motifs is 1. The largest absolute Gasteiger partial charge is 0.323 e. The van der Waals surface area contributed by atoms with Crippen LogP contribution in [0.15, 0.2) is 53.3 Å². The fourth-order valence-corrected chi connectivity index (χ4v) is 3.58. The van der Waals surface area contributed by atoms with Gasteiger partial charge in [-0.2, -0.15) is 0 Å². The molecule has 2 heterocycles. The smallest absolute Gasteiger partial charge is 0.321 e. The summed E-state index contributed by atoms with van der Waals surface area (Å²) in [5.74, 6) is -0.214. The van der Waals surface area contributed by atoms with Crippen molar-refractivity contribution < 1.29 is 4.79 Å². The number of imidazole rings is 1. The molecule has 0 saturated heterocycles. The van der Waals surface area contributed by atoms with Crippen LogP contribution in [0.1, 0.15) is 15.4 Å². The molecule has 124 valence electrons. The molecule has 6 nitrogen and oxygen atoms in total. The molecule has 4 rings (SSSR count). The van der Waals surface area contributed by atoms with Gasteiger partial charge in [0.2, 0.25) is 0 Å². The second-order valence-electron chi connectivity index (χ2n) is 5.59. The lowest BCUT2D eigenvalue weighted by Crippen LogP contribution is -2.11. The minimum atomic E-state index is -0.274. The molecule has 0 saturated carbocycles. The van der Waals surface area contributed by atoms with Crippen LogP contribution >= 0.6 is 11.3 Å². The normalized spacial score (nSPS) is 10.9. The lowest BCUT2D eigenvalue weighted by atomic mass is 10.2. The van der Waals surface area contributed by atoms with Crippen molar-refractivity contribution in [2.45, 2.75) is 6.92 Å².